The van der Waals surface area contributed by atoms with Crippen molar-refractivity contribution in [2.75, 3.05) is 49.9 Å². The Balaban J connectivity index is 0.00000101. The molecule has 6 nitrogen and oxygen atoms in total. The number of aliphatic imine (C=N–C) groups is 1. The summed E-state index contributed by atoms with van der Waals surface area (Å²) in [5.74, 6) is 3.65. The van der Waals surface area contributed by atoms with Gasteiger partial charge in [0, 0.05) is 43.8 Å². The Labute approximate surface area is 207 Å². The van der Waals surface area contributed by atoms with E-state index in [1.807, 2.05) is 57.4 Å². The molecule has 2 heterocycles. The molecule has 0 bridgehead atoms. The number of halogens is 1. The maximum absolute atomic E-state index is 4.93. The van der Waals surface area contributed by atoms with Gasteiger partial charge >= 0.3 is 0 Å². The normalized spacial score (nSPS) is 10.4. The molecule has 178 valence electrons. The van der Waals surface area contributed by atoms with Crippen molar-refractivity contribution in [3.63, 3.8) is 0 Å². The molecule has 0 unspecified atom stereocenters. The molecule has 0 fully saturated rings. The van der Waals surface area contributed by atoms with E-state index >= 15 is 0 Å². The second kappa shape index (κ2) is 15.9. The highest BCUT2D eigenvalue weighted by Gasteiger charge is 2.12. The first-order valence-electron chi connectivity index (χ1n) is 11.0. The van der Waals surface area contributed by atoms with E-state index < -0.39 is 0 Å². The predicted octanol–water partition coefficient (Wildman–Crippen LogP) is 5.69. The van der Waals surface area contributed by atoms with Crippen LogP contribution in [-0.4, -0.2) is 55.9 Å². The molecule has 0 aliphatic rings. The Morgan fingerprint density at radius 1 is 0.939 bits per heavy atom. The molecule has 0 aliphatic carbocycles. The zero-order chi connectivity index (χ0) is 24.6. The number of pyridine rings is 2. The highest BCUT2D eigenvalue weighted by atomic mass is 79.9. The number of benzene rings is 1. The third-order valence-electron chi connectivity index (χ3n) is 4.73. The fourth-order valence-corrected chi connectivity index (χ4v) is 3.03. The lowest BCUT2D eigenvalue weighted by Crippen LogP contribution is -2.27. The quantitative estimate of drug-likeness (QED) is 0.261. The molecule has 3 aromatic rings. The molecule has 0 amide bonds. The second-order valence-electron chi connectivity index (χ2n) is 7.11. The van der Waals surface area contributed by atoms with Gasteiger partial charge in [0.2, 0.25) is 0 Å². The molecule has 1 aromatic carbocycles. The van der Waals surface area contributed by atoms with Crippen LogP contribution in [0.15, 0.2) is 72.1 Å². The number of anilines is 2. The first-order chi connectivity index (χ1) is 16.0. The third-order valence-corrected chi connectivity index (χ3v) is 4.73. The molecule has 0 saturated carbocycles. The average molecular weight is 514 g/mol. The summed E-state index contributed by atoms with van der Waals surface area (Å²) in [6.07, 6.45) is 5.42. The zero-order valence-electron chi connectivity index (χ0n) is 20.9. The molecule has 7 heteroatoms. The van der Waals surface area contributed by atoms with E-state index in [0.29, 0.717) is 0 Å². The van der Waals surface area contributed by atoms with Gasteiger partial charge in [0.15, 0.2) is 0 Å². The highest BCUT2D eigenvalue weighted by molar-refractivity contribution is 9.08. The smallest absolute Gasteiger partial charge is 0.140 e. The number of aromatic nitrogens is 2. The van der Waals surface area contributed by atoms with Crippen molar-refractivity contribution in [3.8, 4) is 0 Å². The number of hydrogen-bond donors (Lipinski definition) is 1. The first kappa shape index (κ1) is 28.3. The number of nitrogens with one attached hydrogen (secondary N) is 1. The SMILES string of the molecule is CBr.CCN(CC)c1ccc(N=C(c2ccc(C)cc2)N(C)c2ccncc2)cn1.CNC. The van der Waals surface area contributed by atoms with Gasteiger partial charge in [-0.05, 0) is 65.0 Å². The summed E-state index contributed by atoms with van der Waals surface area (Å²) in [7, 11) is 5.77. The van der Waals surface area contributed by atoms with Gasteiger partial charge in [-0.25, -0.2) is 9.98 Å². The Bertz CT molecular complexity index is 923. The summed E-state index contributed by atoms with van der Waals surface area (Å²) >= 11 is 2.94. The number of nitrogens with zero attached hydrogens (tertiary/aromatic N) is 5. The second-order valence-corrected chi connectivity index (χ2v) is 7.11. The minimum Gasteiger partial charge on any atom is -0.357 e. The van der Waals surface area contributed by atoms with Crippen molar-refractivity contribution in [3.05, 3.63) is 78.2 Å². The molecule has 0 spiro atoms. The Hall–Kier alpha value is -2.77. The minimum absolute atomic E-state index is 0.826. The summed E-state index contributed by atoms with van der Waals surface area (Å²) in [5.41, 5.74) is 4.13. The summed E-state index contributed by atoms with van der Waals surface area (Å²) in [5, 5.41) is 2.75. The van der Waals surface area contributed by atoms with Crippen LogP contribution in [-0.2, 0) is 0 Å². The summed E-state index contributed by atoms with van der Waals surface area (Å²) in [6, 6.07) is 16.4. The monoisotopic (exact) mass is 512 g/mol. The molecular weight excluding hydrogens is 476 g/mol. The van der Waals surface area contributed by atoms with E-state index in [1.165, 1.54) is 5.56 Å². The van der Waals surface area contributed by atoms with E-state index in [9.17, 15) is 0 Å². The van der Waals surface area contributed by atoms with Gasteiger partial charge in [-0.1, -0.05) is 45.8 Å². The van der Waals surface area contributed by atoms with Gasteiger partial charge in [-0.2, -0.15) is 0 Å². The van der Waals surface area contributed by atoms with Gasteiger partial charge in [-0.15, -0.1) is 0 Å². The van der Waals surface area contributed by atoms with Crippen LogP contribution in [0.5, 0.6) is 0 Å². The predicted molar refractivity (Wildman–Crippen MR) is 148 cm³/mol. The molecule has 1 N–H and O–H groups in total. The Kier molecular flexibility index (Phi) is 13.7. The summed E-state index contributed by atoms with van der Waals surface area (Å²) in [4.78, 5) is 17.9. The van der Waals surface area contributed by atoms with E-state index in [4.69, 9.17) is 4.99 Å². The summed E-state index contributed by atoms with van der Waals surface area (Å²) in [6.45, 7) is 8.23. The Morgan fingerprint density at radius 3 is 2.00 bits per heavy atom. The van der Waals surface area contributed by atoms with Crippen LogP contribution in [0.2, 0.25) is 0 Å². The lowest BCUT2D eigenvalue weighted by molar-refractivity contribution is 0.846. The standard InChI is InChI=1S/C23H27N5.C2H7N.CH3Br/c1-5-28(6-2)22-12-11-20(17-25-22)26-23(19-9-7-18(3)8-10-19)27(4)21-13-15-24-16-14-21;1-3-2;1-2/h7-17H,5-6H2,1-4H3;3H,1-2H3;1H3. The number of alkyl halides is 1. The lowest BCUT2D eigenvalue weighted by Gasteiger charge is -2.22. The van der Waals surface area contributed by atoms with Crippen LogP contribution in [0.4, 0.5) is 17.2 Å². The molecule has 0 radical (unpaired) electrons. The van der Waals surface area contributed by atoms with Crippen LogP contribution in [0.3, 0.4) is 0 Å². The number of amidine groups is 1. The molecule has 0 atom stereocenters. The topological polar surface area (TPSA) is 56.7 Å². The molecule has 2 aromatic heterocycles. The van der Waals surface area contributed by atoms with Crippen molar-refractivity contribution in [1.29, 1.82) is 0 Å². The van der Waals surface area contributed by atoms with Gasteiger partial charge in [-0.3, -0.25) is 4.98 Å². The van der Waals surface area contributed by atoms with E-state index in [1.54, 1.807) is 12.4 Å². The maximum Gasteiger partial charge on any atom is 0.140 e. The number of rotatable bonds is 6. The first-order valence-corrected chi connectivity index (χ1v) is 12.6. The largest absolute Gasteiger partial charge is 0.357 e. The van der Waals surface area contributed by atoms with E-state index in [0.717, 1.165) is 41.7 Å². The molecule has 0 saturated heterocycles. The molecule has 0 aliphatic heterocycles. The maximum atomic E-state index is 4.93. The number of aryl methyl sites for hydroxylation is 1. The molecule has 3 rings (SSSR count). The average Bonchev–Trinajstić information content (AvgIpc) is 2.87. The Morgan fingerprint density at radius 2 is 1.52 bits per heavy atom. The van der Waals surface area contributed by atoms with Crippen LogP contribution in [0.25, 0.3) is 0 Å². The zero-order valence-corrected chi connectivity index (χ0v) is 22.5. The molecular formula is C26H37BrN6. The van der Waals surface area contributed by atoms with Crippen LogP contribution < -0.4 is 15.1 Å². The van der Waals surface area contributed by atoms with Crippen LogP contribution in [0, 0.1) is 6.92 Å². The minimum atomic E-state index is 0.826. The number of hydrogen-bond acceptors (Lipinski definition) is 5. The fourth-order valence-electron chi connectivity index (χ4n) is 3.03. The van der Waals surface area contributed by atoms with Gasteiger partial charge in [0.25, 0.3) is 0 Å². The third kappa shape index (κ3) is 8.94. The van der Waals surface area contributed by atoms with Crippen LogP contribution in [0.1, 0.15) is 25.0 Å². The van der Waals surface area contributed by atoms with Crippen molar-refractivity contribution in [2.24, 2.45) is 4.99 Å². The highest BCUT2D eigenvalue weighted by Crippen LogP contribution is 2.21. The van der Waals surface area contributed by atoms with Gasteiger partial charge in [0.05, 0.1) is 11.9 Å². The van der Waals surface area contributed by atoms with E-state index in [2.05, 4.69) is 86.1 Å². The summed E-state index contributed by atoms with van der Waals surface area (Å²) < 4.78 is 0. The van der Waals surface area contributed by atoms with Crippen molar-refractivity contribution >= 4 is 39.0 Å². The van der Waals surface area contributed by atoms with Gasteiger partial charge in [0.1, 0.15) is 11.7 Å². The van der Waals surface area contributed by atoms with Crippen LogP contribution >= 0.6 is 15.9 Å². The fraction of sp³-hybridized carbons (Fsp3) is 0.346. The lowest BCUT2D eigenvalue weighted by atomic mass is 10.1. The van der Waals surface area contributed by atoms with Crippen molar-refractivity contribution < 1.29 is 0 Å². The van der Waals surface area contributed by atoms with Crippen molar-refractivity contribution in [1.82, 2.24) is 15.3 Å². The van der Waals surface area contributed by atoms with Gasteiger partial charge < -0.3 is 15.1 Å². The molecule has 33 heavy (non-hydrogen) atoms. The van der Waals surface area contributed by atoms with Crippen molar-refractivity contribution in [2.45, 2.75) is 20.8 Å². The van der Waals surface area contributed by atoms with E-state index in [-0.39, 0.29) is 0 Å².